The fraction of sp³-hybridized carbons (Fsp3) is 0.211. The third-order valence-corrected chi connectivity index (χ3v) is 4.63. The van der Waals surface area contributed by atoms with E-state index in [0.29, 0.717) is 0 Å². The largest absolute Gasteiger partial charge is 0.493 e. The van der Waals surface area contributed by atoms with Crippen LogP contribution in [0.5, 0.6) is 11.5 Å². The Kier molecular flexibility index (Phi) is 4.60. The van der Waals surface area contributed by atoms with Crippen molar-refractivity contribution in [3.8, 4) is 11.5 Å². The van der Waals surface area contributed by atoms with Crippen LogP contribution in [-0.4, -0.2) is 43.7 Å². The summed E-state index contributed by atoms with van der Waals surface area (Å²) in [5, 5.41) is 11.9. The van der Waals surface area contributed by atoms with Gasteiger partial charge in [-0.2, -0.15) is 0 Å². The highest BCUT2D eigenvalue weighted by Crippen LogP contribution is 2.51. The fourth-order valence-corrected chi connectivity index (χ4v) is 3.30. The van der Waals surface area contributed by atoms with Gasteiger partial charge in [-0.05, 0) is 0 Å². The lowest BCUT2D eigenvalue weighted by molar-refractivity contribution is -0.385. The highest BCUT2D eigenvalue weighted by Gasteiger charge is 2.43. The van der Waals surface area contributed by atoms with E-state index >= 15 is 0 Å². The number of hydrogen-bond donors (Lipinski definition) is 0. The van der Waals surface area contributed by atoms with E-state index in [1.807, 2.05) is 0 Å². The fourth-order valence-electron chi connectivity index (χ4n) is 3.30. The van der Waals surface area contributed by atoms with Crippen LogP contribution in [0.15, 0.2) is 24.3 Å². The van der Waals surface area contributed by atoms with Crippen molar-refractivity contribution in [1.29, 1.82) is 0 Å². The minimum atomic E-state index is -0.769. The summed E-state index contributed by atoms with van der Waals surface area (Å²) < 4.78 is 10.5. The van der Waals surface area contributed by atoms with Crippen LogP contribution in [0.25, 0.3) is 0 Å². The van der Waals surface area contributed by atoms with Crippen LogP contribution < -0.4 is 14.4 Å². The third-order valence-electron chi connectivity index (χ3n) is 4.63. The van der Waals surface area contributed by atoms with Gasteiger partial charge < -0.3 is 14.4 Å². The van der Waals surface area contributed by atoms with Crippen molar-refractivity contribution in [2.45, 2.75) is 6.92 Å². The topological polar surface area (TPSA) is 116 Å². The number of fused-ring (bicyclic) bond motifs is 2. The van der Waals surface area contributed by atoms with Gasteiger partial charge >= 0.3 is 5.69 Å². The second-order valence-corrected chi connectivity index (χ2v) is 6.05. The zero-order chi connectivity index (χ0) is 20.7. The number of anilines is 1. The number of nitrogens with zero attached hydrogens (tertiary/aromatic N) is 2. The first-order valence-corrected chi connectivity index (χ1v) is 8.15. The molecule has 0 atom stereocenters. The first-order chi connectivity index (χ1) is 13.3. The summed E-state index contributed by atoms with van der Waals surface area (Å²) in [5.41, 5.74) is -1.05. The molecule has 1 amide bonds. The number of nitro benzene ring substituents is 1. The molecule has 2 aromatic carbocycles. The van der Waals surface area contributed by atoms with Crippen LogP contribution in [0, 0.1) is 10.1 Å². The summed E-state index contributed by atoms with van der Waals surface area (Å²) in [5.74, 6) is -2.29. The van der Waals surface area contributed by atoms with E-state index in [4.69, 9.17) is 9.47 Å². The number of ketones is 2. The van der Waals surface area contributed by atoms with Gasteiger partial charge in [-0.3, -0.25) is 24.5 Å². The van der Waals surface area contributed by atoms with Crippen molar-refractivity contribution in [2.75, 3.05) is 26.2 Å². The Labute approximate surface area is 159 Å². The lowest BCUT2D eigenvalue weighted by atomic mass is 9.82. The van der Waals surface area contributed by atoms with Gasteiger partial charge in [0.1, 0.15) is 0 Å². The number of benzene rings is 2. The van der Waals surface area contributed by atoms with Gasteiger partial charge in [-0.15, -0.1) is 0 Å². The van der Waals surface area contributed by atoms with Crippen LogP contribution in [0.4, 0.5) is 11.4 Å². The molecule has 9 heteroatoms. The van der Waals surface area contributed by atoms with E-state index in [1.54, 1.807) is 12.1 Å². The van der Waals surface area contributed by atoms with Gasteiger partial charge in [-0.25, -0.2) is 0 Å². The molecule has 0 spiro atoms. The van der Waals surface area contributed by atoms with E-state index < -0.39 is 33.8 Å². The van der Waals surface area contributed by atoms with Crippen molar-refractivity contribution in [1.82, 2.24) is 0 Å². The predicted octanol–water partition coefficient (Wildman–Crippen LogP) is 2.37. The Morgan fingerprint density at radius 3 is 1.86 bits per heavy atom. The molecular formula is C19H16N2O7. The number of carbonyl (C=O) groups excluding carboxylic acids is 3. The van der Waals surface area contributed by atoms with Gasteiger partial charge in [0.25, 0.3) is 0 Å². The summed E-state index contributed by atoms with van der Waals surface area (Å²) in [7, 11) is 3.68. The number of carbonyl (C=O) groups is 3. The molecule has 0 heterocycles. The molecule has 28 heavy (non-hydrogen) atoms. The zero-order valence-corrected chi connectivity index (χ0v) is 15.6. The molecular weight excluding hydrogens is 368 g/mol. The Morgan fingerprint density at radius 2 is 1.46 bits per heavy atom. The first kappa shape index (κ1) is 19.0. The number of amides is 1. The van der Waals surface area contributed by atoms with Crippen LogP contribution >= 0.6 is 0 Å². The molecule has 9 nitrogen and oxygen atoms in total. The number of nitro groups is 1. The molecule has 3 rings (SSSR count). The summed E-state index contributed by atoms with van der Waals surface area (Å²) in [6.45, 7) is 1.21. The van der Waals surface area contributed by atoms with Gasteiger partial charge in [0.05, 0.1) is 30.3 Å². The summed E-state index contributed by atoms with van der Waals surface area (Å²) in [6.07, 6.45) is 0. The molecule has 0 radical (unpaired) electrons. The minimum Gasteiger partial charge on any atom is -0.493 e. The molecule has 1 aliphatic rings. The van der Waals surface area contributed by atoms with Crippen molar-refractivity contribution >= 4 is 28.8 Å². The van der Waals surface area contributed by atoms with Gasteiger partial charge in [0.2, 0.25) is 11.7 Å². The maximum atomic E-state index is 13.2. The first-order valence-electron chi connectivity index (χ1n) is 8.15. The molecule has 0 saturated heterocycles. The van der Waals surface area contributed by atoms with E-state index in [-0.39, 0.29) is 33.7 Å². The summed E-state index contributed by atoms with van der Waals surface area (Å²) in [4.78, 5) is 50.3. The van der Waals surface area contributed by atoms with Crippen LogP contribution in [0.1, 0.15) is 38.8 Å². The molecule has 0 fully saturated rings. The maximum Gasteiger partial charge on any atom is 0.339 e. The smallest absolute Gasteiger partial charge is 0.339 e. The summed E-state index contributed by atoms with van der Waals surface area (Å²) in [6, 6.07) is 6.14. The van der Waals surface area contributed by atoms with Crippen molar-refractivity contribution in [3.05, 3.63) is 56.6 Å². The Morgan fingerprint density at radius 1 is 1.00 bits per heavy atom. The van der Waals surface area contributed by atoms with Gasteiger partial charge in [0.15, 0.2) is 23.0 Å². The average Bonchev–Trinajstić information content (AvgIpc) is 2.68. The molecule has 2 aromatic rings. The number of methoxy groups -OCH3 is 2. The standard InChI is InChI=1S/C19H16N2O7/c1-9(22)20(2)14-15(21(25)26)19(28-4)13-12(18(14)27-3)16(23)10-7-5-6-8-11(10)17(13)24/h5-8H,1-4H3. The Balaban J connectivity index is 2.55. The normalized spacial score (nSPS) is 12.1. The SMILES string of the molecule is COc1c2c(c(OC)c([N+](=O)[O-])c1N(C)C(C)=O)C(=O)c1ccccc1C2=O. The number of hydrogen-bond acceptors (Lipinski definition) is 7. The average molecular weight is 384 g/mol. The van der Waals surface area contributed by atoms with Crippen molar-refractivity contribution < 1.29 is 28.8 Å². The molecule has 1 aliphatic carbocycles. The molecule has 0 bridgehead atoms. The van der Waals surface area contributed by atoms with Crippen LogP contribution in [-0.2, 0) is 4.79 Å². The van der Waals surface area contributed by atoms with E-state index in [9.17, 15) is 24.5 Å². The van der Waals surface area contributed by atoms with E-state index in [1.165, 1.54) is 33.2 Å². The van der Waals surface area contributed by atoms with Crippen LogP contribution in [0.2, 0.25) is 0 Å². The third kappa shape index (κ3) is 2.51. The molecule has 0 aromatic heterocycles. The molecule has 0 saturated carbocycles. The highest BCUT2D eigenvalue weighted by molar-refractivity contribution is 6.31. The van der Waals surface area contributed by atoms with E-state index in [0.717, 1.165) is 12.0 Å². The summed E-state index contributed by atoms with van der Waals surface area (Å²) >= 11 is 0. The second-order valence-electron chi connectivity index (χ2n) is 6.05. The number of ether oxygens (including phenoxy) is 2. The lowest BCUT2D eigenvalue weighted by Gasteiger charge is -2.26. The Bertz CT molecular complexity index is 1060. The predicted molar refractivity (Wildman–Crippen MR) is 98.6 cm³/mol. The molecule has 0 aliphatic heterocycles. The van der Waals surface area contributed by atoms with Gasteiger partial charge in [0, 0.05) is 25.1 Å². The highest BCUT2D eigenvalue weighted by atomic mass is 16.6. The monoisotopic (exact) mass is 384 g/mol. The minimum absolute atomic E-state index is 0.113. The van der Waals surface area contributed by atoms with Crippen molar-refractivity contribution in [2.24, 2.45) is 0 Å². The Hall–Kier alpha value is -3.75. The quantitative estimate of drug-likeness (QED) is 0.501. The lowest BCUT2D eigenvalue weighted by Crippen LogP contribution is -2.28. The number of rotatable bonds is 4. The molecule has 0 N–H and O–H groups in total. The molecule has 0 unspecified atom stereocenters. The molecule has 144 valence electrons. The zero-order valence-electron chi connectivity index (χ0n) is 15.6. The van der Waals surface area contributed by atoms with Crippen molar-refractivity contribution in [3.63, 3.8) is 0 Å². The van der Waals surface area contributed by atoms with Crippen LogP contribution in [0.3, 0.4) is 0 Å². The van der Waals surface area contributed by atoms with Gasteiger partial charge in [-0.1, -0.05) is 24.3 Å². The van der Waals surface area contributed by atoms with E-state index in [2.05, 4.69) is 0 Å². The second kappa shape index (κ2) is 6.76. The maximum absolute atomic E-state index is 13.2.